The van der Waals surface area contributed by atoms with Crippen molar-refractivity contribution in [2.24, 2.45) is 0 Å². The highest BCUT2D eigenvalue weighted by Crippen LogP contribution is 2.37. The molecule has 3 aromatic rings. The van der Waals surface area contributed by atoms with Gasteiger partial charge in [-0.15, -0.1) is 0 Å². The van der Waals surface area contributed by atoms with Crippen LogP contribution in [0.25, 0.3) is 10.8 Å². The molecule has 6 heteroatoms. The van der Waals surface area contributed by atoms with Gasteiger partial charge in [0, 0.05) is 11.9 Å². The molecule has 1 amide bonds. The van der Waals surface area contributed by atoms with Gasteiger partial charge in [-0.3, -0.25) is 4.79 Å². The lowest BCUT2D eigenvalue weighted by atomic mass is 10.0. The molecule has 2 N–H and O–H groups in total. The Kier molecular flexibility index (Phi) is 6.22. The van der Waals surface area contributed by atoms with Crippen molar-refractivity contribution in [1.82, 2.24) is 10.3 Å². The third-order valence-corrected chi connectivity index (χ3v) is 4.51. The van der Waals surface area contributed by atoms with E-state index in [1.54, 1.807) is 25.1 Å². The second-order valence-electron chi connectivity index (χ2n) is 6.94. The van der Waals surface area contributed by atoms with Crippen molar-refractivity contribution in [3.63, 3.8) is 0 Å². The minimum absolute atomic E-state index is 0.0545. The summed E-state index contributed by atoms with van der Waals surface area (Å²) in [6.45, 7) is 8.71. The molecule has 0 saturated carbocycles. The molecule has 3 rings (SSSR count). The largest absolute Gasteiger partial charge is 0.505 e. The van der Waals surface area contributed by atoms with E-state index in [9.17, 15) is 9.90 Å². The number of nitrogens with zero attached hydrogens (tertiary/aromatic N) is 1. The number of benzene rings is 2. The lowest BCUT2D eigenvalue weighted by molar-refractivity contribution is 0.0947. The van der Waals surface area contributed by atoms with Crippen molar-refractivity contribution in [2.45, 2.75) is 33.6 Å². The van der Waals surface area contributed by atoms with Gasteiger partial charge in [0.1, 0.15) is 11.5 Å². The maximum absolute atomic E-state index is 12.2. The topological polar surface area (TPSA) is 80.7 Å². The van der Waals surface area contributed by atoms with E-state index in [0.29, 0.717) is 35.6 Å². The van der Waals surface area contributed by atoms with Crippen LogP contribution in [0.5, 0.6) is 23.1 Å². The highest BCUT2D eigenvalue weighted by molar-refractivity contribution is 6.03. The fraction of sp³-hybridized carbons (Fsp3) is 0.304. The number of aromatic nitrogens is 1. The Morgan fingerprint density at radius 3 is 2.55 bits per heavy atom. The van der Waals surface area contributed by atoms with Gasteiger partial charge in [0.25, 0.3) is 5.91 Å². The average Bonchev–Trinajstić information content (AvgIpc) is 2.70. The molecule has 0 unspecified atom stereocenters. The first-order chi connectivity index (χ1) is 13.9. The molecule has 152 valence electrons. The summed E-state index contributed by atoms with van der Waals surface area (Å²) in [5.41, 5.74) is 1.13. The van der Waals surface area contributed by atoms with Crippen molar-refractivity contribution >= 4 is 16.7 Å². The zero-order valence-corrected chi connectivity index (χ0v) is 17.2. The highest BCUT2D eigenvalue weighted by atomic mass is 16.5. The molecule has 0 aliphatic carbocycles. The first-order valence-electron chi connectivity index (χ1n) is 9.80. The van der Waals surface area contributed by atoms with E-state index in [1.165, 1.54) is 5.56 Å². The SMILES string of the molecule is CCNC(=O)c1nc(OCC)c2cc(Oc3cccc(C(C)C)c3)ccc2c1O. The average molecular weight is 394 g/mol. The number of hydrogen-bond acceptors (Lipinski definition) is 5. The molecule has 6 nitrogen and oxygen atoms in total. The first-order valence-corrected chi connectivity index (χ1v) is 9.80. The number of nitrogens with one attached hydrogen (secondary N) is 1. The summed E-state index contributed by atoms with van der Waals surface area (Å²) < 4.78 is 11.7. The van der Waals surface area contributed by atoms with Crippen molar-refractivity contribution in [1.29, 1.82) is 0 Å². The van der Waals surface area contributed by atoms with E-state index in [0.717, 1.165) is 5.75 Å². The van der Waals surface area contributed by atoms with E-state index < -0.39 is 5.91 Å². The molecule has 1 aromatic heterocycles. The summed E-state index contributed by atoms with van der Waals surface area (Å²) in [4.78, 5) is 16.5. The van der Waals surface area contributed by atoms with Crippen LogP contribution in [0, 0.1) is 0 Å². The number of hydrogen-bond donors (Lipinski definition) is 2. The fourth-order valence-corrected chi connectivity index (χ4v) is 3.04. The Balaban J connectivity index is 2.04. The van der Waals surface area contributed by atoms with Gasteiger partial charge in [0.05, 0.1) is 12.0 Å². The van der Waals surface area contributed by atoms with Crippen molar-refractivity contribution in [3.05, 3.63) is 53.7 Å². The predicted octanol–water partition coefficient (Wildman–Crippen LogP) is 5.00. The number of fused-ring (bicyclic) bond motifs is 1. The zero-order valence-electron chi connectivity index (χ0n) is 17.2. The second kappa shape index (κ2) is 8.82. The highest BCUT2D eigenvalue weighted by Gasteiger charge is 2.20. The summed E-state index contributed by atoms with van der Waals surface area (Å²) in [6, 6.07) is 13.1. The molecule has 0 radical (unpaired) electrons. The van der Waals surface area contributed by atoms with Crippen LogP contribution in [-0.4, -0.2) is 29.1 Å². The standard InChI is InChI=1S/C23H26N2O4/c1-5-24-22(27)20-21(26)18-11-10-17(13-19(18)23(25-20)28-6-2)29-16-9-7-8-15(12-16)14(3)4/h7-14,26H,5-6H2,1-4H3,(H,24,27). The molecular formula is C23H26N2O4. The van der Waals surface area contributed by atoms with Crippen molar-refractivity contribution in [3.8, 4) is 23.1 Å². The summed E-state index contributed by atoms with van der Waals surface area (Å²) in [6.07, 6.45) is 0. The van der Waals surface area contributed by atoms with Crippen molar-refractivity contribution in [2.75, 3.05) is 13.2 Å². The van der Waals surface area contributed by atoms with Gasteiger partial charge in [-0.25, -0.2) is 4.98 Å². The van der Waals surface area contributed by atoms with E-state index in [-0.39, 0.29) is 17.3 Å². The van der Waals surface area contributed by atoms with Crippen LogP contribution in [-0.2, 0) is 0 Å². The number of carbonyl (C=O) groups is 1. The van der Waals surface area contributed by atoms with Gasteiger partial charge in [0.15, 0.2) is 11.4 Å². The molecule has 0 fully saturated rings. The van der Waals surface area contributed by atoms with Crippen LogP contribution in [0.15, 0.2) is 42.5 Å². The van der Waals surface area contributed by atoms with Gasteiger partial charge in [-0.1, -0.05) is 26.0 Å². The van der Waals surface area contributed by atoms with Gasteiger partial charge >= 0.3 is 0 Å². The number of amides is 1. The van der Waals surface area contributed by atoms with E-state index >= 15 is 0 Å². The van der Waals surface area contributed by atoms with Crippen LogP contribution < -0.4 is 14.8 Å². The first kappa shape index (κ1) is 20.5. The fourth-order valence-electron chi connectivity index (χ4n) is 3.04. The normalized spacial score (nSPS) is 10.9. The maximum Gasteiger partial charge on any atom is 0.273 e. The van der Waals surface area contributed by atoms with Crippen LogP contribution in [0.1, 0.15) is 49.7 Å². The molecule has 0 bridgehead atoms. The maximum atomic E-state index is 12.2. The lowest BCUT2D eigenvalue weighted by Gasteiger charge is -2.14. The Morgan fingerprint density at radius 1 is 1.10 bits per heavy atom. The number of rotatable bonds is 7. The number of pyridine rings is 1. The number of aromatic hydroxyl groups is 1. The molecule has 29 heavy (non-hydrogen) atoms. The second-order valence-corrected chi connectivity index (χ2v) is 6.94. The van der Waals surface area contributed by atoms with Gasteiger partial charge in [-0.05, 0) is 55.7 Å². The third kappa shape index (κ3) is 4.42. The zero-order chi connectivity index (χ0) is 21.0. The molecular weight excluding hydrogens is 368 g/mol. The summed E-state index contributed by atoms with van der Waals surface area (Å²) in [5, 5.41) is 14.3. The summed E-state index contributed by atoms with van der Waals surface area (Å²) >= 11 is 0. The molecule has 0 aliphatic rings. The minimum Gasteiger partial charge on any atom is -0.505 e. The minimum atomic E-state index is -0.446. The summed E-state index contributed by atoms with van der Waals surface area (Å²) in [7, 11) is 0. The smallest absolute Gasteiger partial charge is 0.273 e. The van der Waals surface area contributed by atoms with Crippen LogP contribution in [0.3, 0.4) is 0 Å². The van der Waals surface area contributed by atoms with E-state index in [1.807, 2.05) is 25.1 Å². The molecule has 1 heterocycles. The summed E-state index contributed by atoms with van der Waals surface area (Å²) in [5.74, 6) is 1.37. The van der Waals surface area contributed by atoms with Gasteiger partial charge in [0.2, 0.25) is 5.88 Å². The van der Waals surface area contributed by atoms with E-state index in [4.69, 9.17) is 9.47 Å². The molecule has 2 aromatic carbocycles. The van der Waals surface area contributed by atoms with Crippen LogP contribution in [0.4, 0.5) is 0 Å². The Hall–Kier alpha value is -3.28. The van der Waals surface area contributed by atoms with Gasteiger partial charge in [-0.2, -0.15) is 0 Å². The van der Waals surface area contributed by atoms with E-state index in [2.05, 4.69) is 30.2 Å². The Bertz CT molecular complexity index is 1030. The lowest BCUT2D eigenvalue weighted by Crippen LogP contribution is -2.24. The molecule has 0 aliphatic heterocycles. The number of carbonyl (C=O) groups excluding carboxylic acids is 1. The third-order valence-electron chi connectivity index (χ3n) is 4.51. The van der Waals surface area contributed by atoms with Gasteiger partial charge < -0.3 is 19.9 Å². The molecule has 0 spiro atoms. The predicted molar refractivity (Wildman–Crippen MR) is 113 cm³/mol. The van der Waals surface area contributed by atoms with Crippen LogP contribution >= 0.6 is 0 Å². The monoisotopic (exact) mass is 394 g/mol. The van der Waals surface area contributed by atoms with Crippen LogP contribution in [0.2, 0.25) is 0 Å². The Labute approximate surface area is 170 Å². The quantitative estimate of drug-likeness (QED) is 0.589. The molecule has 0 atom stereocenters. The Morgan fingerprint density at radius 2 is 1.86 bits per heavy atom. The van der Waals surface area contributed by atoms with Crippen molar-refractivity contribution < 1.29 is 19.4 Å². The molecule has 0 saturated heterocycles. The number of ether oxygens (including phenoxy) is 2.